The molecular weight excluding hydrogens is 370 g/mol. The van der Waals surface area contributed by atoms with E-state index in [1.165, 1.54) is 11.1 Å². The Morgan fingerprint density at radius 3 is 2.40 bits per heavy atom. The summed E-state index contributed by atoms with van der Waals surface area (Å²) < 4.78 is 2.01. The molecule has 4 aromatic rings. The number of benzene rings is 2. The molecule has 2 aromatic carbocycles. The Morgan fingerprint density at radius 1 is 0.967 bits per heavy atom. The molecule has 0 saturated heterocycles. The zero-order chi connectivity index (χ0) is 21.5. The van der Waals surface area contributed by atoms with E-state index in [4.69, 9.17) is 4.98 Å². The van der Waals surface area contributed by atoms with Crippen molar-refractivity contribution >= 4 is 17.2 Å². The summed E-state index contributed by atoms with van der Waals surface area (Å²) in [5.41, 5.74) is 7.67. The quantitative estimate of drug-likeness (QED) is 0.449. The topological polar surface area (TPSA) is 46.4 Å². The largest absolute Gasteiger partial charge is 0.322 e. The lowest BCUT2D eigenvalue weighted by Crippen LogP contribution is -2.15. The highest BCUT2D eigenvalue weighted by Crippen LogP contribution is 2.27. The summed E-state index contributed by atoms with van der Waals surface area (Å²) in [6, 6.07) is 18.0. The van der Waals surface area contributed by atoms with Crippen molar-refractivity contribution in [2.45, 2.75) is 40.0 Å². The van der Waals surface area contributed by atoms with Crippen molar-refractivity contribution in [1.29, 1.82) is 0 Å². The van der Waals surface area contributed by atoms with Crippen LogP contribution >= 0.6 is 0 Å². The van der Waals surface area contributed by atoms with Gasteiger partial charge >= 0.3 is 0 Å². The number of carbonyl (C=O) groups excluding carboxylic acids is 1. The molecule has 0 unspecified atom stereocenters. The second-order valence-corrected chi connectivity index (χ2v) is 8.91. The molecule has 0 aliphatic carbocycles. The van der Waals surface area contributed by atoms with Crippen molar-refractivity contribution < 1.29 is 4.79 Å². The van der Waals surface area contributed by atoms with Gasteiger partial charge in [0.15, 0.2) is 0 Å². The first-order chi connectivity index (χ1) is 14.2. The summed E-state index contributed by atoms with van der Waals surface area (Å²) >= 11 is 0. The van der Waals surface area contributed by atoms with Crippen LogP contribution in [0.3, 0.4) is 0 Å². The van der Waals surface area contributed by atoms with Gasteiger partial charge in [0.25, 0.3) is 5.91 Å². The fraction of sp³-hybridized carbons (Fsp3) is 0.231. The van der Waals surface area contributed by atoms with Crippen molar-refractivity contribution in [2.24, 2.45) is 0 Å². The van der Waals surface area contributed by atoms with Gasteiger partial charge in [-0.05, 0) is 66.3 Å². The van der Waals surface area contributed by atoms with Gasteiger partial charge in [-0.2, -0.15) is 0 Å². The van der Waals surface area contributed by atoms with Crippen molar-refractivity contribution in [3.05, 3.63) is 89.2 Å². The van der Waals surface area contributed by atoms with Gasteiger partial charge in [0.1, 0.15) is 5.65 Å². The number of anilines is 1. The lowest BCUT2D eigenvalue weighted by atomic mass is 9.86. The van der Waals surface area contributed by atoms with Crippen LogP contribution in [0, 0.1) is 13.8 Å². The van der Waals surface area contributed by atoms with Crippen molar-refractivity contribution in [3.63, 3.8) is 0 Å². The van der Waals surface area contributed by atoms with Gasteiger partial charge < -0.3 is 9.72 Å². The highest BCUT2D eigenvalue weighted by Gasteiger charge is 2.15. The first-order valence-corrected chi connectivity index (χ1v) is 10.2. The van der Waals surface area contributed by atoms with E-state index in [9.17, 15) is 4.79 Å². The number of imidazole rings is 1. The number of amides is 1. The minimum absolute atomic E-state index is 0.0621. The molecule has 2 aromatic heterocycles. The molecule has 0 fully saturated rings. The Labute approximate surface area is 177 Å². The van der Waals surface area contributed by atoms with Gasteiger partial charge in [0.05, 0.1) is 5.69 Å². The number of carbonyl (C=O) groups is 1. The molecule has 0 aliphatic heterocycles. The Morgan fingerprint density at radius 2 is 1.70 bits per heavy atom. The second-order valence-electron chi connectivity index (χ2n) is 8.91. The zero-order valence-electron chi connectivity index (χ0n) is 18.2. The van der Waals surface area contributed by atoms with E-state index < -0.39 is 0 Å². The molecule has 1 N–H and O–H groups in total. The Hall–Kier alpha value is -3.40. The summed E-state index contributed by atoms with van der Waals surface area (Å²) in [7, 11) is 0. The van der Waals surface area contributed by atoms with Gasteiger partial charge in [0.2, 0.25) is 0 Å². The van der Waals surface area contributed by atoms with Crippen molar-refractivity contribution in [1.82, 2.24) is 9.38 Å². The van der Waals surface area contributed by atoms with Crippen LogP contribution in [-0.4, -0.2) is 15.3 Å². The average Bonchev–Trinajstić information content (AvgIpc) is 3.12. The van der Waals surface area contributed by atoms with E-state index in [1.807, 2.05) is 66.2 Å². The fourth-order valence-electron chi connectivity index (χ4n) is 3.45. The predicted octanol–water partition coefficient (Wildman–Crippen LogP) is 6.17. The third kappa shape index (κ3) is 3.99. The lowest BCUT2D eigenvalue weighted by molar-refractivity contribution is 0.102. The number of hydrogen-bond donors (Lipinski definition) is 1. The summed E-state index contributed by atoms with van der Waals surface area (Å²) in [4.78, 5) is 17.6. The van der Waals surface area contributed by atoms with E-state index in [-0.39, 0.29) is 11.3 Å². The molecule has 1 amide bonds. The molecule has 0 spiro atoms. The molecule has 4 heteroatoms. The number of pyridine rings is 1. The van der Waals surface area contributed by atoms with E-state index in [2.05, 4.69) is 45.1 Å². The van der Waals surface area contributed by atoms with E-state index in [0.717, 1.165) is 28.2 Å². The molecule has 2 heterocycles. The van der Waals surface area contributed by atoms with Crippen LogP contribution in [0.5, 0.6) is 0 Å². The normalized spacial score (nSPS) is 11.6. The van der Waals surface area contributed by atoms with Crippen molar-refractivity contribution in [2.75, 3.05) is 5.32 Å². The maximum atomic E-state index is 12.8. The molecule has 0 saturated carbocycles. The minimum atomic E-state index is -0.110. The lowest BCUT2D eigenvalue weighted by Gasteiger charge is -2.19. The number of nitrogens with one attached hydrogen (secondary N) is 1. The summed E-state index contributed by atoms with van der Waals surface area (Å²) in [5, 5.41) is 3.06. The Balaban J connectivity index is 1.60. The molecule has 4 rings (SSSR count). The number of hydrogen-bond acceptors (Lipinski definition) is 2. The Kier molecular flexibility index (Phi) is 4.94. The first-order valence-electron chi connectivity index (χ1n) is 10.2. The maximum Gasteiger partial charge on any atom is 0.255 e. The number of nitrogens with zero attached hydrogens (tertiary/aromatic N) is 2. The van der Waals surface area contributed by atoms with Crippen LogP contribution in [0.15, 0.2) is 67.0 Å². The first kappa shape index (κ1) is 19.9. The average molecular weight is 398 g/mol. The Bertz CT molecular complexity index is 1230. The van der Waals surface area contributed by atoms with Crippen LogP contribution in [-0.2, 0) is 5.41 Å². The second kappa shape index (κ2) is 7.45. The van der Waals surface area contributed by atoms with Crippen LogP contribution in [0.2, 0.25) is 0 Å². The van der Waals surface area contributed by atoms with Gasteiger partial charge in [-0.3, -0.25) is 4.79 Å². The SMILES string of the molecule is Cc1ccn2cc(-c3ccc(C)c(NC(=O)c4ccc(C(C)(C)C)cc4)c3)nc2c1. The molecule has 30 heavy (non-hydrogen) atoms. The standard InChI is InChI=1S/C26H27N3O/c1-17-12-13-29-16-23(27-24(29)14-17)20-7-6-18(2)22(15-20)28-25(30)19-8-10-21(11-9-19)26(3,4)5/h6-16H,1-5H3,(H,28,30). The van der Waals surface area contributed by atoms with Crippen LogP contribution in [0.1, 0.15) is 47.8 Å². The molecular formula is C26H27N3O. The molecule has 0 bridgehead atoms. The number of aryl methyl sites for hydroxylation is 2. The molecule has 0 atom stereocenters. The molecule has 4 nitrogen and oxygen atoms in total. The van der Waals surface area contributed by atoms with Gasteiger partial charge in [-0.25, -0.2) is 4.98 Å². The zero-order valence-corrected chi connectivity index (χ0v) is 18.2. The summed E-state index contributed by atoms with van der Waals surface area (Å²) in [5.74, 6) is -0.110. The third-order valence-electron chi connectivity index (χ3n) is 5.41. The summed E-state index contributed by atoms with van der Waals surface area (Å²) in [6.07, 6.45) is 4.02. The molecule has 0 aliphatic rings. The van der Waals surface area contributed by atoms with E-state index in [0.29, 0.717) is 5.56 Å². The highest BCUT2D eigenvalue weighted by molar-refractivity contribution is 6.05. The number of aromatic nitrogens is 2. The van der Waals surface area contributed by atoms with Gasteiger partial charge in [-0.15, -0.1) is 0 Å². The van der Waals surface area contributed by atoms with Crippen molar-refractivity contribution in [3.8, 4) is 11.3 Å². The predicted molar refractivity (Wildman–Crippen MR) is 123 cm³/mol. The van der Waals surface area contributed by atoms with Crippen LogP contribution < -0.4 is 5.32 Å². The highest BCUT2D eigenvalue weighted by atomic mass is 16.1. The van der Waals surface area contributed by atoms with Gasteiger partial charge in [-0.1, -0.05) is 45.0 Å². The van der Waals surface area contributed by atoms with Crippen LogP contribution in [0.4, 0.5) is 5.69 Å². The number of fused-ring (bicyclic) bond motifs is 1. The minimum Gasteiger partial charge on any atom is -0.322 e. The summed E-state index contributed by atoms with van der Waals surface area (Å²) in [6.45, 7) is 10.5. The molecule has 0 radical (unpaired) electrons. The smallest absolute Gasteiger partial charge is 0.255 e. The van der Waals surface area contributed by atoms with Crippen LogP contribution in [0.25, 0.3) is 16.9 Å². The number of rotatable bonds is 3. The van der Waals surface area contributed by atoms with E-state index >= 15 is 0 Å². The monoisotopic (exact) mass is 397 g/mol. The fourth-order valence-corrected chi connectivity index (χ4v) is 3.45. The van der Waals surface area contributed by atoms with Gasteiger partial charge in [0, 0.05) is 29.2 Å². The molecule has 152 valence electrons. The third-order valence-corrected chi connectivity index (χ3v) is 5.41. The maximum absolute atomic E-state index is 12.8. The van der Waals surface area contributed by atoms with E-state index in [1.54, 1.807) is 0 Å².